The van der Waals surface area contributed by atoms with E-state index in [1.54, 1.807) is 24.3 Å². The van der Waals surface area contributed by atoms with E-state index < -0.39 is 11.6 Å². The first kappa shape index (κ1) is 28.5. The van der Waals surface area contributed by atoms with Gasteiger partial charge in [0.05, 0.1) is 22.6 Å². The lowest BCUT2D eigenvalue weighted by molar-refractivity contribution is 0.0697. The monoisotopic (exact) mass is 577 g/mol. The topological polar surface area (TPSA) is 86.9 Å². The van der Waals surface area contributed by atoms with Gasteiger partial charge in [0.25, 0.3) is 0 Å². The van der Waals surface area contributed by atoms with Crippen molar-refractivity contribution in [2.45, 2.75) is 53.5 Å². The molecule has 0 bridgehead atoms. The second-order valence-corrected chi connectivity index (χ2v) is 11.8. The molecule has 1 aromatic heterocycles. The fraction of sp³-hybridized carbons (Fsp3) is 0.306. The summed E-state index contributed by atoms with van der Waals surface area (Å²) in [4.78, 5) is 28.6. The van der Waals surface area contributed by atoms with Crippen molar-refractivity contribution in [2.75, 3.05) is 24.5 Å². The van der Waals surface area contributed by atoms with Gasteiger partial charge < -0.3 is 18.8 Å². The Kier molecular flexibility index (Phi) is 6.99. The lowest BCUT2D eigenvalue weighted by Gasteiger charge is -2.42. The van der Waals surface area contributed by atoms with E-state index in [1.165, 1.54) is 0 Å². The molecule has 6 rings (SSSR count). The van der Waals surface area contributed by atoms with Crippen molar-refractivity contribution < 1.29 is 18.7 Å². The van der Waals surface area contributed by atoms with Crippen LogP contribution in [0.4, 0.5) is 5.69 Å². The predicted molar refractivity (Wildman–Crippen MR) is 173 cm³/mol. The Balaban J connectivity index is 1.82. The van der Waals surface area contributed by atoms with Crippen LogP contribution < -0.4 is 20.5 Å². The van der Waals surface area contributed by atoms with Crippen molar-refractivity contribution >= 4 is 39.2 Å². The third-order valence-electron chi connectivity index (χ3n) is 8.64. The number of anilines is 1. The third kappa shape index (κ3) is 4.54. The molecule has 43 heavy (non-hydrogen) atoms. The van der Waals surface area contributed by atoms with Gasteiger partial charge in [-0.15, -0.1) is 0 Å². The molecule has 0 saturated carbocycles. The number of rotatable bonds is 6. The van der Waals surface area contributed by atoms with Crippen LogP contribution in [0, 0.1) is 0 Å². The molecule has 7 nitrogen and oxygen atoms in total. The Hall–Kier alpha value is -4.65. The number of hydrogen-bond donors (Lipinski definition) is 1. The van der Waals surface area contributed by atoms with E-state index in [-0.39, 0.29) is 16.5 Å². The second kappa shape index (κ2) is 10.6. The number of fused-ring (bicyclic) bond motifs is 5. The van der Waals surface area contributed by atoms with Gasteiger partial charge in [-0.05, 0) is 64.0 Å². The number of carboxylic acids is 1. The Morgan fingerprint density at radius 2 is 1.74 bits per heavy atom. The molecular formula is C36H37N2O5+. The highest BCUT2D eigenvalue weighted by Crippen LogP contribution is 2.45. The van der Waals surface area contributed by atoms with E-state index in [1.807, 2.05) is 30.3 Å². The molecule has 0 spiro atoms. The minimum Gasteiger partial charge on any atom is -0.478 e. The number of benzene rings is 3. The highest BCUT2D eigenvalue weighted by molar-refractivity contribution is 6.13. The van der Waals surface area contributed by atoms with Gasteiger partial charge in [0, 0.05) is 47.5 Å². The van der Waals surface area contributed by atoms with E-state index in [9.17, 15) is 14.7 Å². The third-order valence-corrected chi connectivity index (χ3v) is 8.64. The lowest BCUT2D eigenvalue weighted by atomic mass is 9.87. The Labute approximate surface area is 250 Å². The summed E-state index contributed by atoms with van der Waals surface area (Å²) in [5, 5.41) is 12.0. The van der Waals surface area contributed by atoms with Crippen molar-refractivity contribution in [3.8, 4) is 22.5 Å². The maximum atomic E-state index is 13.9. The number of carboxylic acid groups (broad SMARTS) is 1. The molecule has 0 fully saturated rings. The zero-order chi connectivity index (χ0) is 30.6. The Morgan fingerprint density at radius 3 is 2.44 bits per heavy atom. The van der Waals surface area contributed by atoms with Gasteiger partial charge in [0.1, 0.15) is 29.8 Å². The number of carbonyl (C=O) groups is 1. The fourth-order valence-electron chi connectivity index (χ4n) is 6.79. The Bertz CT molecular complexity index is 2060. The number of aromatic carboxylic acids is 1. The molecular weight excluding hydrogens is 540 g/mol. The molecule has 0 unspecified atom stereocenters. The lowest BCUT2D eigenvalue weighted by Crippen LogP contribution is -2.44. The van der Waals surface area contributed by atoms with Crippen LogP contribution >= 0.6 is 0 Å². The van der Waals surface area contributed by atoms with Crippen LogP contribution in [-0.2, 0) is 0 Å². The van der Waals surface area contributed by atoms with E-state index in [2.05, 4.69) is 57.1 Å². The SMILES string of the molecule is CCC[N+](CC)=c1ccc2c(-c3ccccc3C(=O)O)c3c(=O)oc4cc5c(cc4c3oc-2c1)C(C)=CC(C)(C)N5CC. The van der Waals surface area contributed by atoms with Crippen molar-refractivity contribution in [3.05, 3.63) is 87.6 Å². The minimum atomic E-state index is -1.07. The molecule has 3 heterocycles. The van der Waals surface area contributed by atoms with Gasteiger partial charge in [-0.25, -0.2) is 14.2 Å². The van der Waals surface area contributed by atoms with Gasteiger partial charge in [-0.3, -0.25) is 0 Å². The van der Waals surface area contributed by atoms with Crippen LogP contribution in [0.1, 0.15) is 63.9 Å². The predicted octanol–water partition coefficient (Wildman–Crippen LogP) is 7.23. The second-order valence-electron chi connectivity index (χ2n) is 11.8. The molecule has 3 aliphatic rings. The van der Waals surface area contributed by atoms with Gasteiger partial charge in [0.2, 0.25) is 5.36 Å². The standard InChI is InChI=1S/C36H36N2O5/c1-7-16-37(8-2)22-14-15-25-29(17-22)42-33-27-18-26-21(4)20-36(5,6)38(9-3)28(26)19-30(27)43-35(41)32(33)31(25)23-12-10-11-13-24(23)34(39)40/h10-15,17-20H,7-9,16H2,1-6H3/p+1. The van der Waals surface area contributed by atoms with Crippen LogP contribution in [0.5, 0.6) is 0 Å². The highest BCUT2D eigenvalue weighted by Gasteiger charge is 2.32. The fourth-order valence-corrected chi connectivity index (χ4v) is 6.79. The maximum absolute atomic E-state index is 13.9. The average Bonchev–Trinajstić information content (AvgIpc) is 2.97. The van der Waals surface area contributed by atoms with Crippen LogP contribution in [-0.4, -0.2) is 36.2 Å². The average molecular weight is 578 g/mol. The number of allylic oxidation sites excluding steroid dienone is 1. The van der Waals surface area contributed by atoms with Crippen molar-refractivity contribution in [1.29, 1.82) is 0 Å². The van der Waals surface area contributed by atoms with E-state index in [0.717, 1.165) is 48.2 Å². The van der Waals surface area contributed by atoms with Gasteiger partial charge >= 0.3 is 11.6 Å². The van der Waals surface area contributed by atoms with Crippen molar-refractivity contribution in [1.82, 2.24) is 4.58 Å². The summed E-state index contributed by atoms with van der Waals surface area (Å²) in [6.45, 7) is 15.3. The zero-order valence-corrected chi connectivity index (χ0v) is 25.6. The van der Waals surface area contributed by atoms with Crippen molar-refractivity contribution in [2.24, 2.45) is 0 Å². The molecule has 0 atom stereocenters. The van der Waals surface area contributed by atoms with Crippen LogP contribution in [0.3, 0.4) is 0 Å². The molecule has 0 saturated heterocycles. The first-order valence-electron chi connectivity index (χ1n) is 15.0. The zero-order valence-electron chi connectivity index (χ0n) is 25.6. The van der Waals surface area contributed by atoms with Gasteiger partial charge in [-0.1, -0.05) is 31.2 Å². The molecule has 0 radical (unpaired) electrons. The molecule has 220 valence electrons. The molecule has 0 amide bonds. The first-order valence-corrected chi connectivity index (χ1v) is 15.0. The summed E-state index contributed by atoms with van der Waals surface area (Å²) in [6.07, 6.45) is 3.25. The van der Waals surface area contributed by atoms with Crippen LogP contribution in [0.25, 0.3) is 50.0 Å². The summed E-state index contributed by atoms with van der Waals surface area (Å²) in [6, 6.07) is 16.7. The summed E-state index contributed by atoms with van der Waals surface area (Å²) < 4.78 is 15.0. The molecule has 1 N–H and O–H groups in total. The number of hydrogen-bond acceptors (Lipinski definition) is 5. The maximum Gasteiger partial charge on any atom is 0.348 e. The largest absolute Gasteiger partial charge is 0.478 e. The highest BCUT2D eigenvalue weighted by atomic mass is 16.4. The molecule has 3 aromatic rings. The normalized spacial score (nSPS) is 15.1. The number of nitrogens with zero attached hydrogens (tertiary/aromatic N) is 2. The molecule has 2 aliphatic heterocycles. The van der Waals surface area contributed by atoms with Gasteiger partial charge in [0.15, 0.2) is 5.58 Å². The summed E-state index contributed by atoms with van der Waals surface area (Å²) in [5.74, 6) is -0.500. The van der Waals surface area contributed by atoms with E-state index >= 15 is 0 Å². The summed E-state index contributed by atoms with van der Waals surface area (Å²) in [5.41, 5.74) is 4.90. The quantitative estimate of drug-likeness (QED) is 0.0991. The van der Waals surface area contributed by atoms with Gasteiger partial charge in [-0.2, -0.15) is 0 Å². The summed E-state index contributed by atoms with van der Waals surface area (Å²) in [7, 11) is 0. The Morgan fingerprint density at radius 1 is 0.977 bits per heavy atom. The smallest absolute Gasteiger partial charge is 0.348 e. The minimum absolute atomic E-state index is 0.103. The molecule has 7 heteroatoms. The van der Waals surface area contributed by atoms with E-state index in [4.69, 9.17) is 8.83 Å². The van der Waals surface area contributed by atoms with Crippen LogP contribution in [0.2, 0.25) is 0 Å². The van der Waals surface area contributed by atoms with Crippen molar-refractivity contribution in [3.63, 3.8) is 0 Å². The number of likely N-dealkylation sites (N-methyl/N-ethyl adjacent to an activating group) is 1. The first-order chi connectivity index (χ1) is 20.6. The molecule has 1 aliphatic carbocycles. The summed E-state index contributed by atoms with van der Waals surface area (Å²) >= 11 is 0. The van der Waals surface area contributed by atoms with Crippen LogP contribution in [0.15, 0.2) is 74.3 Å². The molecule has 2 aromatic carbocycles. The van der Waals surface area contributed by atoms with E-state index in [0.29, 0.717) is 39.0 Å².